The summed E-state index contributed by atoms with van der Waals surface area (Å²) in [6.45, 7) is 4.49. The van der Waals surface area contributed by atoms with Gasteiger partial charge in [-0.2, -0.15) is 0 Å². The molecule has 0 aromatic heterocycles. The molecule has 0 radical (unpaired) electrons. The molecule has 0 aliphatic carbocycles. The Labute approximate surface area is 107 Å². The number of methoxy groups -OCH3 is 1. The SMILES string of the molecule is CCCCCCCCCC(C)CCC(=O)OC. The summed E-state index contributed by atoms with van der Waals surface area (Å²) < 4.78 is 4.64. The summed E-state index contributed by atoms with van der Waals surface area (Å²) in [5, 5.41) is 0. The van der Waals surface area contributed by atoms with Crippen LogP contribution < -0.4 is 0 Å². The van der Waals surface area contributed by atoms with Crippen LogP contribution in [0.1, 0.15) is 78.1 Å². The standard InChI is InChI=1S/C15H30O2/c1-4-5-6-7-8-9-10-11-14(2)12-13-15(16)17-3/h14H,4-13H2,1-3H3. The van der Waals surface area contributed by atoms with Crippen LogP contribution in [0, 0.1) is 5.92 Å². The average Bonchev–Trinajstić information content (AvgIpc) is 2.34. The van der Waals surface area contributed by atoms with Gasteiger partial charge >= 0.3 is 5.97 Å². The molecule has 0 fully saturated rings. The number of carbonyl (C=O) groups excluding carboxylic acids is 1. The maximum absolute atomic E-state index is 11.0. The number of ether oxygens (including phenoxy) is 1. The minimum Gasteiger partial charge on any atom is -0.469 e. The molecule has 0 heterocycles. The molecule has 0 bridgehead atoms. The minimum atomic E-state index is -0.0728. The lowest BCUT2D eigenvalue weighted by Crippen LogP contribution is -2.04. The zero-order valence-electron chi connectivity index (χ0n) is 12.0. The topological polar surface area (TPSA) is 26.3 Å². The molecule has 17 heavy (non-hydrogen) atoms. The van der Waals surface area contributed by atoms with Gasteiger partial charge in [-0.1, -0.05) is 65.2 Å². The molecule has 0 aromatic rings. The van der Waals surface area contributed by atoms with Crippen LogP contribution in [0.25, 0.3) is 0 Å². The highest BCUT2D eigenvalue weighted by Crippen LogP contribution is 2.16. The van der Waals surface area contributed by atoms with E-state index in [1.807, 2.05) is 0 Å². The first-order valence-corrected chi connectivity index (χ1v) is 7.27. The summed E-state index contributed by atoms with van der Waals surface area (Å²) >= 11 is 0. The number of unbranched alkanes of at least 4 members (excludes halogenated alkanes) is 6. The molecular weight excluding hydrogens is 212 g/mol. The zero-order valence-corrected chi connectivity index (χ0v) is 12.0. The summed E-state index contributed by atoms with van der Waals surface area (Å²) in [5.74, 6) is 0.584. The van der Waals surface area contributed by atoms with Gasteiger partial charge in [-0.15, -0.1) is 0 Å². The number of rotatable bonds is 11. The Morgan fingerprint density at radius 2 is 1.59 bits per heavy atom. The van der Waals surface area contributed by atoms with Gasteiger partial charge in [0.1, 0.15) is 0 Å². The minimum absolute atomic E-state index is 0.0728. The van der Waals surface area contributed by atoms with E-state index in [2.05, 4.69) is 18.6 Å². The van der Waals surface area contributed by atoms with Gasteiger partial charge in [-0.25, -0.2) is 0 Å². The van der Waals surface area contributed by atoms with Crippen LogP contribution in [-0.4, -0.2) is 13.1 Å². The quantitative estimate of drug-likeness (QED) is 0.387. The van der Waals surface area contributed by atoms with E-state index in [4.69, 9.17) is 0 Å². The molecule has 0 aliphatic rings. The van der Waals surface area contributed by atoms with Crippen LogP contribution >= 0.6 is 0 Å². The number of carbonyl (C=O) groups is 1. The summed E-state index contributed by atoms with van der Waals surface area (Å²) in [7, 11) is 1.46. The van der Waals surface area contributed by atoms with Gasteiger partial charge in [-0.3, -0.25) is 4.79 Å². The predicted octanol–water partition coefficient (Wildman–Crippen LogP) is 4.72. The molecule has 1 atom stereocenters. The highest BCUT2D eigenvalue weighted by atomic mass is 16.5. The van der Waals surface area contributed by atoms with E-state index in [1.54, 1.807) is 0 Å². The molecular formula is C15H30O2. The van der Waals surface area contributed by atoms with Crippen LogP contribution in [0.3, 0.4) is 0 Å². The van der Waals surface area contributed by atoms with Crippen molar-refractivity contribution in [1.29, 1.82) is 0 Å². The van der Waals surface area contributed by atoms with Crippen molar-refractivity contribution in [2.24, 2.45) is 5.92 Å². The van der Waals surface area contributed by atoms with Crippen LogP contribution in [-0.2, 0) is 9.53 Å². The van der Waals surface area contributed by atoms with E-state index in [1.165, 1.54) is 58.5 Å². The van der Waals surface area contributed by atoms with Crippen molar-refractivity contribution in [3.05, 3.63) is 0 Å². The molecule has 0 amide bonds. The van der Waals surface area contributed by atoms with E-state index >= 15 is 0 Å². The highest BCUT2D eigenvalue weighted by Gasteiger charge is 2.06. The largest absolute Gasteiger partial charge is 0.469 e. The first kappa shape index (κ1) is 16.5. The molecule has 0 aromatic carbocycles. The summed E-state index contributed by atoms with van der Waals surface area (Å²) in [4.78, 5) is 11.0. The first-order valence-electron chi connectivity index (χ1n) is 7.27. The molecule has 0 N–H and O–H groups in total. The van der Waals surface area contributed by atoms with Crippen LogP contribution in [0.5, 0.6) is 0 Å². The van der Waals surface area contributed by atoms with Crippen molar-refractivity contribution >= 4 is 5.97 Å². The van der Waals surface area contributed by atoms with Crippen LogP contribution in [0.4, 0.5) is 0 Å². The maximum Gasteiger partial charge on any atom is 0.305 e. The van der Waals surface area contributed by atoms with Crippen molar-refractivity contribution < 1.29 is 9.53 Å². The number of hydrogen-bond donors (Lipinski definition) is 0. The van der Waals surface area contributed by atoms with Crippen molar-refractivity contribution in [1.82, 2.24) is 0 Å². The molecule has 2 nitrogen and oxygen atoms in total. The van der Waals surface area contributed by atoms with E-state index in [9.17, 15) is 4.79 Å². The molecule has 1 unspecified atom stereocenters. The van der Waals surface area contributed by atoms with Gasteiger partial charge in [0.05, 0.1) is 7.11 Å². The Kier molecular flexibility index (Phi) is 11.6. The van der Waals surface area contributed by atoms with Gasteiger partial charge in [0.25, 0.3) is 0 Å². The van der Waals surface area contributed by atoms with Crippen LogP contribution in [0.2, 0.25) is 0 Å². The third-order valence-corrected chi connectivity index (χ3v) is 3.37. The van der Waals surface area contributed by atoms with Gasteiger partial charge in [-0.05, 0) is 12.3 Å². The van der Waals surface area contributed by atoms with Crippen molar-refractivity contribution in [3.63, 3.8) is 0 Å². The lowest BCUT2D eigenvalue weighted by atomic mass is 9.97. The smallest absolute Gasteiger partial charge is 0.305 e. The summed E-state index contributed by atoms with van der Waals surface area (Å²) in [6.07, 6.45) is 12.4. The second kappa shape index (κ2) is 11.9. The highest BCUT2D eigenvalue weighted by molar-refractivity contribution is 5.69. The fourth-order valence-electron chi connectivity index (χ4n) is 2.06. The maximum atomic E-state index is 11.0. The fourth-order valence-corrected chi connectivity index (χ4v) is 2.06. The van der Waals surface area contributed by atoms with Gasteiger partial charge < -0.3 is 4.74 Å². The van der Waals surface area contributed by atoms with Crippen molar-refractivity contribution in [3.8, 4) is 0 Å². The third-order valence-electron chi connectivity index (χ3n) is 3.37. The van der Waals surface area contributed by atoms with Gasteiger partial charge in [0, 0.05) is 6.42 Å². The van der Waals surface area contributed by atoms with Gasteiger partial charge in [0.2, 0.25) is 0 Å². The first-order chi connectivity index (χ1) is 8.20. The molecule has 102 valence electrons. The fraction of sp³-hybridized carbons (Fsp3) is 0.933. The molecule has 0 saturated carbocycles. The Hall–Kier alpha value is -0.530. The summed E-state index contributed by atoms with van der Waals surface area (Å²) in [6, 6.07) is 0. The molecule has 2 heteroatoms. The van der Waals surface area contributed by atoms with Crippen molar-refractivity contribution in [2.45, 2.75) is 78.1 Å². The van der Waals surface area contributed by atoms with E-state index in [0.29, 0.717) is 12.3 Å². The van der Waals surface area contributed by atoms with E-state index in [-0.39, 0.29) is 5.97 Å². The van der Waals surface area contributed by atoms with Gasteiger partial charge in [0.15, 0.2) is 0 Å². The Bertz CT molecular complexity index is 178. The van der Waals surface area contributed by atoms with E-state index in [0.717, 1.165) is 6.42 Å². The Morgan fingerprint density at radius 1 is 1.00 bits per heavy atom. The molecule has 0 aliphatic heterocycles. The molecule has 0 rings (SSSR count). The second-order valence-electron chi connectivity index (χ2n) is 5.13. The normalized spacial score (nSPS) is 12.4. The Balaban J connectivity index is 3.21. The third kappa shape index (κ3) is 11.7. The van der Waals surface area contributed by atoms with Crippen molar-refractivity contribution in [2.75, 3.05) is 7.11 Å². The monoisotopic (exact) mass is 242 g/mol. The predicted molar refractivity (Wildman–Crippen MR) is 73.0 cm³/mol. The van der Waals surface area contributed by atoms with E-state index < -0.39 is 0 Å². The summed E-state index contributed by atoms with van der Waals surface area (Å²) in [5.41, 5.74) is 0. The molecule has 0 spiro atoms. The average molecular weight is 242 g/mol. The second-order valence-corrected chi connectivity index (χ2v) is 5.13. The number of hydrogen-bond acceptors (Lipinski definition) is 2. The Morgan fingerprint density at radius 3 is 2.18 bits per heavy atom. The lowest BCUT2D eigenvalue weighted by molar-refractivity contribution is -0.140. The lowest BCUT2D eigenvalue weighted by Gasteiger charge is -2.10. The zero-order chi connectivity index (χ0) is 12.9. The molecule has 0 saturated heterocycles. The number of esters is 1. The van der Waals surface area contributed by atoms with Crippen LogP contribution in [0.15, 0.2) is 0 Å².